The number of thiophene rings is 1. The predicted molar refractivity (Wildman–Crippen MR) is 69.0 cm³/mol. The second kappa shape index (κ2) is 4.70. The number of halogens is 3. The minimum absolute atomic E-state index is 0.369. The highest BCUT2D eigenvalue weighted by Gasteiger charge is 2.35. The minimum Gasteiger partial charge on any atom is -0.288 e. The Morgan fingerprint density at radius 2 is 2.10 bits per heavy atom. The van der Waals surface area contributed by atoms with Crippen molar-refractivity contribution in [3.05, 3.63) is 51.0 Å². The van der Waals surface area contributed by atoms with E-state index in [4.69, 9.17) is 0 Å². The van der Waals surface area contributed by atoms with Crippen LogP contribution < -0.4 is 0 Å². The molecule has 0 saturated carbocycles. The maximum atomic E-state index is 12.9. The van der Waals surface area contributed by atoms with E-state index in [1.54, 1.807) is 6.07 Å². The van der Waals surface area contributed by atoms with Gasteiger partial charge in [0.15, 0.2) is 0 Å². The number of aromatic nitrogens is 1. The summed E-state index contributed by atoms with van der Waals surface area (Å²) in [5.41, 5.74) is -0.207. The number of ketones is 1. The van der Waals surface area contributed by atoms with Gasteiger partial charge in [-0.25, -0.2) is 0 Å². The van der Waals surface area contributed by atoms with Crippen molar-refractivity contribution in [3.8, 4) is 0 Å². The maximum absolute atomic E-state index is 12.9. The lowest BCUT2D eigenvalue weighted by Gasteiger charge is -2.10. The molecule has 0 atom stereocenters. The lowest BCUT2D eigenvalue weighted by atomic mass is 10.0. The third-order valence-corrected chi connectivity index (χ3v) is 4.58. The van der Waals surface area contributed by atoms with E-state index in [9.17, 15) is 18.0 Å². The topological polar surface area (TPSA) is 30.0 Å². The van der Waals surface area contributed by atoms with Gasteiger partial charge in [0, 0.05) is 17.3 Å². The minimum atomic E-state index is -4.55. The molecule has 0 aromatic carbocycles. The van der Waals surface area contributed by atoms with Gasteiger partial charge in [-0.3, -0.25) is 9.78 Å². The van der Waals surface area contributed by atoms with E-state index in [2.05, 4.69) is 4.98 Å². The fourth-order valence-electron chi connectivity index (χ4n) is 2.40. The lowest BCUT2D eigenvalue weighted by molar-refractivity contribution is -0.137. The largest absolute Gasteiger partial charge is 0.417 e. The summed E-state index contributed by atoms with van der Waals surface area (Å²) in [4.78, 5) is 17.4. The van der Waals surface area contributed by atoms with Crippen molar-refractivity contribution >= 4 is 17.1 Å². The van der Waals surface area contributed by atoms with Gasteiger partial charge in [0.2, 0.25) is 5.78 Å². The molecular formula is C14H10F3NOS. The van der Waals surface area contributed by atoms with E-state index in [0.29, 0.717) is 4.88 Å². The van der Waals surface area contributed by atoms with Crippen LogP contribution in [0.5, 0.6) is 0 Å². The molecule has 0 bridgehead atoms. The quantitative estimate of drug-likeness (QED) is 0.787. The molecule has 0 amide bonds. The normalized spacial score (nSPS) is 14.3. The summed E-state index contributed by atoms with van der Waals surface area (Å²) in [6.45, 7) is 0. The van der Waals surface area contributed by atoms with E-state index < -0.39 is 17.5 Å². The fourth-order valence-corrected chi connectivity index (χ4v) is 3.60. The van der Waals surface area contributed by atoms with Crippen molar-refractivity contribution in [3.63, 3.8) is 0 Å². The van der Waals surface area contributed by atoms with Crippen LogP contribution in [0.3, 0.4) is 0 Å². The van der Waals surface area contributed by atoms with Crippen LogP contribution in [-0.4, -0.2) is 10.8 Å². The van der Waals surface area contributed by atoms with Crippen LogP contribution in [0.4, 0.5) is 13.2 Å². The average molecular weight is 297 g/mol. The third kappa shape index (κ3) is 2.24. The number of hydrogen-bond donors (Lipinski definition) is 0. The molecule has 0 spiro atoms. The van der Waals surface area contributed by atoms with Crippen molar-refractivity contribution in [2.75, 3.05) is 0 Å². The zero-order chi connectivity index (χ0) is 14.3. The third-order valence-electron chi connectivity index (χ3n) is 3.34. The zero-order valence-electron chi connectivity index (χ0n) is 10.3. The second-order valence-corrected chi connectivity index (χ2v) is 5.80. The average Bonchev–Trinajstić information content (AvgIpc) is 2.97. The standard InChI is InChI=1S/C14H10F3NOS/c15-14(16,17)10-4-5-18-7-9(10)13(19)12-6-8-2-1-3-11(8)20-12/h4-7H,1-3H2. The highest BCUT2D eigenvalue weighted by atomic mass is 32.1. The molecule has 2 heterocycles. The number of carbonyl (C=O) groups is 1. The smallest absolute Gasteiger partial charge is 0.288 e. The van der Waals surface area contributed by atoms with Crippen molar-refractivity contribution in [1.82, 2.24) is 4.98 Å². The Hall–Kier alpha value is -1.69. The molecule has 0 fully saturated rings. The van der Waals surface area contributed by atoms with Crippen LogP contribution in [0.25, 0.3) is 0 Å². The number of fused-ring (bicyclic) bond motifs is 1. The van der Waals surface area contributed by atoms with Crippen LogP contribution in [-0.2, 0) is 19.0 Å². The van der Waals surface area contributed by atoms with Crippen LogP contribution in [0.2, 0.25) is 0 Å². The summed E-state index contributed by atoms with van der Waals surface area (Å²) >= 11 is 1.30. The first-order valence-corrected chi connectivity index (χ1v) is 6.96. The molecule has 2 aromatic heterocycles. The second-order valence-electron chi connectivity index (χ2n) is 4.66. The highest BCUT2D eigenvalue weighted by molar-refractivity contribution is 7.14. The van der Waals surface area contributed by atoms with Crippen LogP contribution >= 0.6 is 11.3 Å². The number of rotatable bonds is 2. The van der Waals surface area contributed by atoms with Gasteiger partial charge in [0.25, 0.3) is 0 Å². The number of aryl methyl sites for hydroxylation is 2. The number of carbonyl (C=O) groups excluding carboxylic acids is 1. The molecule has 2 aromatic rings. The molecule has 2 nitrogen and oxygen atoms in total. The molecule has 20 heavy (non-hydrogen) atoms. The summed E-state index contributed by atoms with van der Waals surface area (Å²) in [5, 5.41) is 0. The highest BCUT2D eigenvalue weighted by Crippen LogP contribution is 2.35. The van der Waals surface area contributed by atoms with E-state index in [1.165, 1.54) is 11.3 Å². The van der Waals surface area contributed by atoms with Gasteiger partial charge < -0.3 is 0 Å². The SMILES string of the molecule is O=C(c1cc2c(s1)CCC2)c1cnccc1C(F)(F)F. The van der Waals surface area contributed by atoms with Crippen molar-refractivity contribution in [1.29, 1.82) is 0 Å². The Morgan fingerprint density at radius 3 is 2.80 bits per heavy atom. The van der Waals surface area contributed by atoms with Crippen molar-refractivity contribution in [2.24, 2.45) is 0 Å². The zero-order valence-corrected chi connectivity index (χ0v) is 11.1. The van der Waals surface area contributed by atoms with Gasteiger partial charge in [0.1, 0.15) is 0 Å². The molecule has 0 aliphatic heterocycles. The molecule has 0 radical (unpaired) electrons. The molecule has 3 rings (SSSR count). The number of nitrogens with zero attached hydrogens (tertiary/aromatic N) is 1. The summed E-state index contributed by atoms with van der Waals surface area (Å²) in [6.07, 6.45) is 0.360. The van der Waals surface area contributed by atoms with Crippen molar-refractivity contribution < 1.29 is 18.0 Å². The Morgan fingerprint density at radius 1 is 1.30 bits per heavy atom. The lowest BCUT2D eigenvalue weighted by Crippen LogP contribution is -2.13. The van der Waals surface area contributed by atoms with Gasteiger partial charge >= 0.3 is 6.18 Å². The number of pyridine rings is 1. The summed E-state index contributed by atoms with van der Waals surface area (Å²) in [6, 6.07) is 2.57. The van der Waals surface area contributed by atoms with E-state index in [0.717, 1.165) is 48.2 Å². The van der Waals surface area contributed by atoms with Gasteiger partial charge in [0.05, 0.1) is 16.0 Å². The fraction of sp³-hybridized carbons (Fsp3) is 0.286. The first-order valence-electron chi connectivity index (χ1n) is 6.14. The van der Waals surface area contributed by atoms with Gasteiger partial charge in [-0.05, 0) is 37.0 Å². The maximum Gasteiger partial charge on any atom is 0.417 e. The summed E-state index contributed by atoms with van der Waals surface area (Å²) < 4.78 is 38.7. The molecule has 0 N–H and O–H groups in total. The molecule has 0 saturated heterocycles. The van der Waals surface area contributed by atoms with Crippen LogP contribution in [0.1, 0.15) is 37.7 Å². The number of alkyl halides is 3. The summed E-state index contributed by atoms with van der Waals surface area (Å²) in [7, 11) is 0. The Kier molecular flexibility index (Phi) is 3.12. The first-order chi connectivity index (χ1) is 9.47. The van der Waals surface area contributed by atoms with Gasteiger partial charge in [-0.15, -0.1) is 11.3 Å². The molecule has 104 valence electrons. The van der Waals surface area contributed by atoms with Crippen molar-refractivity contribution in [2.45, 2.75) is 25.4 Å². The Labute approximate surface area is 117 Å². The van der Waals surface area contributed by atoms with Crippen LogP contribution in [0, 0.1) is 0 Å². The molecule has 1 aliphatic rings. The molecule has 1 aliphatic carbocycles. The van der Waals surface area contributed by atoms with E-state index >= 15 is 0 Å². The van der Waals surface area contributed by atoms with E-state index in [-0.39, 0.29) is 5.56 Å². The Balaban J connectivity index is 2.02. The molecular weight excluding hydrogens is 287 g/mol. The Bertz CT molecular complexity index is 654. The van der Waals surface area contributed by atoms with Crippen LogP contribution in [0.15, 0.2) is 24.5 Å². The molecule has 6 heteroatoms. The first kappa shape index (κ1) is 13.3. The van der Waals surface area contributed by atoms with E-state index in [1.807, 2.05) is 0 Å². The summed E-state index contributed by atoms with van der Waals surface area (Å²) in [5.74, 6) is -0.593. The van der Waals surface area contributed by atoms with Gasteiger partial charge in [-0.2, -0.15) is 13.2 Å². The predicted octanol–water partition coefficient (Wildman–Crippen LogP) is 3.88. The molecule has 0 unspecified atom stereocenters. The number of hydrogen-bond acceptors (Lipinski definition) is 3. The monoisotopic (exact) mass is 297 g/mol. The van der Waals surface area contributed by atoms with Gasteiger partial charge in [-0.1, -0.05) is 0 Å².